The molecule has 0 saturated carbocycles. The zero-order valence-corrected chi connectivity index (χ0v) is 3.60. The van der Waals surface area contributed by atoms with Gasteiger partial charge in [-0.25, -0.2) is 0 Å². The number of hydrogen-bond donors (Lipinski definition) is 1. The molecule has 0 heterocycles. The zero-order chi connectivity index (χ0) is 5.91. The van der Waals surface area contributed by atoms with Crippen LogP contribution < -0.4 is 0 Å². The molecule has 2 nitrogen and oxygen atoms in total. The lowest BCUT2D eigenvalue weighted by Crippen LogP contribution is -2.13. The van der Waals surface area contributed by atoms with Crippen molar-refractivity contribution < 1.29 is 6.48 Å². The largest absolute Gasteiger partial charge is 0.376 e. The van der Waals surface area contributed by atoms with Gasteiger partial charge < -0.3 is 5.11 Å². The maximum Gasteiger partial charge on any atom is 0.145 e. The quantitative estimate of drug-likeness (QED) is 0.430. The van der Waals surface area contributed by atoms with Crippen molar-refractivity contribution in [2.24, 2.45) is 0 Å². The van der Waals surface area contributed by atoms with E-state index in [2.05, 4.69) is 0 Å². The Bertz CT molecular complexity index is 94.4. The van der Waals surface area contributed by atoms with Gasteiger partial charge in [-0.1, -0.05) is 0 Å². The van der Waals surface area contributed by atoms with Crippen molar-refractivity contribution in [1.82, 2.24) is 0 Å². The van der Waals surface area contributed by atoms with Crippen molar-refractivity contribution in [1.29, 1.82) is 5.26 Å². The second-order valence-electron chi connectivity index (χ2n) is 1.39. The van der Waals surface area contributed by atoms with Crippen LogP contribution in [0.2, 0.25) is 0 Å². The lowest BCUT2D eigenvalue weighted by atomic mass is 10.2. The minimum atomic E-state index is -1.44. The molecule has 0 aromatic carbocycles. The Kier molecular flexibility index (Phi) is 0.771. The summed E-state index contributed by atoms with van der Waals surface area (Å²) in [6, 6.07) is 1.56. The summed E-state index contributed by atoms with van der Waals surface area (Å²) in [6.07, 6.45) is 0. The first-order valence-corrected chi connectivity index (χ1v) is 1.55. The van der Waals surface area contributed by atoms with Gasteiger partial charge in [-0.15, -0.1) is 0 Å². The molecule has 1 atom stereocenters. The number of aliphatic hydroxyl groups is 1. The molecule has 0 aliphatic carbocycles. The van der Waals surface area contributed by atoms with E-state index in [0.717, 1.165) is 0 Å². The standard InChI is InChI=1S/C4H7NO/c1-4(2,6)3-5/h6H,1-2H3/i1D. The van der Waals surface area contributed by atoms with Gasteiger partial charge in [0.2, 0.25) is 0 Å². The van der Waals surface area contributed by atoms with Crippen LogP contribution in [0.25, 0.3) is 0 Å². The maximum atomic E-state index is 8.58. The monoisotopic (exact) mass is 86.1 g/mol. The van der Waals surface area contributed by atoms with Crippen LogP contribution >= 0.6 is 0 Å². The van der Waals surface area contributed by atoms with Gasteiger partial charge in [-0.2, -0.15) is 5.26 Å². The number of nitrogens with zero attached hydrogens (tertiary/aromatic N) is 1. The summed E-state index contributed by atoms with van der Waals surface area (Å²) in [5, 5.41) is 16.6. The van der Waals surface area contributed by atoms with Crippen LogP contribution in [-0.4, -0.2) is 10.7 Å². The molecule has 6 heavy (non-hydrogen) atoms. The lowest BCUT2D eigenvalue weighted by molar-refractivity contribution is 0.141. The van der Waals surface area contributed by atoms with Crippen molar-refractivity contribution in [3.8, 4) is 6.07 Å². The highest BCUT2D eigenvalue weighted by atomic mass is 16.3. The minimum Gasteiger partial charge on any atom is -0.376 e. The predicted octanol–water partition coefficient (Wildman–Crippen LogP) is 0.281. The van der Waals surface area contributed by atoms with Crippen LogP contribution in [0.4, 0.5) is 0 Å². The van der Waals surface area contributed by atoms with E-state index in [9.17, 15) is 0 Å². The zero-order valence-electron chi connectivity index (χ0n) is 4.60. The predicted molar refractivity (Wildman–Crippen MR) is 21.9 cm³/mol. The van der Waals surface area contributed by atoms with Gasteiger partial charge in [0.25, 0.3) is 0 Å². The molecular weight excluding hydrogens is 78.1 g/mol. The topological polar surface area (TPSA) is 44.0 Å². The van der Waals surface area contributed by atoms with E-state index in [1.165, 1.54) is 6.92 Å². The van der Waals surface area contributed by atoms with E-state index in [1.807, 2.05) is 0 Å². The molecule has 1 N–H and O–H groups in total. The van der Waals surface area contributed by atoms with Gasteiger partial charge in [-0.3, -0.25) is 0 Å². The second-order valence-corrected chi connectivity index (χ2v) is 1.39. The van der Waals surface area contributed by atoms with Crippen molar-refractivity contribution in [2.75, 3.05) is 0 Å². The Hall–Kier alpha value is -0.550. The first kappa shape index (κ1) is 3.63. The van der Waals surface area contributed by atoms with E-state index >= 15 is 0 Å². The van der Waals surface area contributed by atoms with Crippen molar-refractivity contribution >= 4 is 0 Å². The Balaban J connectivity index is 3.66. The third-order valence-corrected chi connectivity index (χ3v) is 0.241. The molecule has 0 saturated heterocycles. The smallest absolute Gasteiger partial charge is 0.145 e. The Morgan fingerprint density at radius 1 is 2.17 bits per heavy atom. The van der Waals surface area contributed by atoms with E-state index < -0.39 is 5.60 Å². The van der Waals surface area contributed by atoms with E-state index in [4.69, 9.17) is 11.7 Å². The first-order chi connectivity index (χ1) is 3.12. The maximum absolute atomic E-state index is 8.58. The SMILES string of the molecule is [2H]CC(C)(O)C#N. The molecule has 0 spiro atoms. The average molecular weight is 86.1 g/mol. The summed E-state index contributed by atoms with van der Waals surface area (Å²) >= 11 is 0. The van der Waals surface area contributed by atoms with Crippen LogP contribution in [-0.2, 0) is 0 Å². The van der Waals surface area contributed by atoms with Gasteiger partial charge in [-0.05, 0) is 13.8 Å². The molecular formula is C4H7NO. The highest BCUT2D eigenvalue weighted by Gasteiger charge is 2.07. The van der Waals surface area contributed by atoms with Gasteiger partial charge in [0.05, 0.1) is 6.07 Å². The summed E-state index contributed by atoms with van der Waals surface area (Å²) in [5.74, 6) is 0. The molecule has 0 aromatic rings. The molecule has 0 fully saturated rings. The van der Waals surface area contributed by atoms with Crippen LogP contribution in [0.3, 0.4) is 0 Å². The summed E-state index contributed by atoms with van der Waals surface area (Å²) in [4.78, 5) is 0. The summed E-state index contributed by atoms with van der Waals surface area (Å²) < 4.78 is 6.53. The lowest BCUT2D eigenvalue weighted by Gasteiger charge is -2.00. The molecule has 0 radical (unpaired) electrons. The second kappa shape index (κ2) is 1.27. The summed E-state index contributed by atoms with van der Waals surface area (Å²) in [7, 11) is 0. The molecule has 0 aliphatic heterocycles. The minimum absolute atomic E-state index is 0.260. The van der Waals surface area contributed by atoms with E-state index in [-0.39, 0.29) is 6.90 Å². The van der Waals surface area contributed by atoms with Gasteiger partial charge >= 0.3 is 0 Å². The van der Waals surface area contributed by atoms with Crippen molar-refractivity contribution in [2.45, 2.75) is 19.4 Å². The molecule has 1 unspecified atom stereocenters. The fourth-order valence-electron chi connectivity index (χ4n) is 0. The number of rotatable bonds is 0. The summed E-state index contributed by atoms with van der Waals surface area (Å²) in [6.45, 7) is 1.05. The highest BCUT2D eigenvalue weighted by molar-refractivity contribution is 4.91. The molecule has 0 amide bonds. The molecule has 34 valence electrons. The van der Waals surface area contributed by atoms with Gasteiger partial charge in [0.15, 0.2) is 0 Å². The fourth-order valence-corrected chi connectivity index (χ4v) is 0. The summed E-state index contributed by atoms with van der Waals surface area (Å²) in [5.41, 5.74) is -1.44. The van der Waals surface area contributed by atoms with Crippen LogP contribution in [0.5, 0.6) is 0 Å². The molecule has 0 aliphatic rings. The Morgan fingerprint density at radius 2 is 2.67 bits per heavy atom. The van der Waals surface area contributed by atoms with Gasteiger partial charge in [0, 0.05) is 1.37 Å². The van der Waals surface area contributed by atoms with Crippen molar-refractivity contribution in [3.63, 3.8) is 0 Å². The third kappa shape index (κ3) is 3.45. The molecule has 0 aromatic heterocycles. The Morgan fingerprint density at radius 3 is 2.67 bits per heavy atom. The van der Waals surface area contributed by atoms with E-state index in [0.29, 0.717) is 0 Å². The Labute approximate surface area is 38.4 Å². The van der Waals surface area contributed by atoms with Crippen molar-refractivity contribution in [3.05, 3.63) is 0 Å². The average Bonchev–Trinajstić information content (AvgIpc) is 1.68. The highest BCUT2D eigenvalue weighted by Crippen LogP contribution is 1.93. The number of nitriles is 1. The molecule has 0 rings (SSSR count). The van der Waals surface area contributed by atoms with Crippen LogP contribution in [0.15, 0.2) is 0 Å². The molecule has 2 heteroatoms. The van der Waals surface area contributed by atoms with Crippen LogP contribution in [0.1, 0.15) is 15.2 Å². The van der Waals surface area contributed by atoms with Crippen LogP contribution in [0, 0.1) is 11.3 Å². The number of hydrogen-bond acceptors (Lipinski definition) is 2. The first-order valence-electron chi connectivity index (χ1n) is 2.26. The molecule has 0 bridgehead atoms. The third-order valence-electron chi connectivity index (χ3n) is 0.241. The normalized spacial score (nSPS) is 20.5. The fraction of sp³-hybridized carbons (Fsp3) is 0.750. The van der Waals surface area contributed by atoms with Gasteiger partial charge in [0.1, 0.15) is 5.60 Å². The van der Waals surface area contributed by atoms with E-state index in [1.54, 1.807) is 6.07 Å².